The topological polar surface area (TPSA) is 331 Å². The van der Waals surface area contributed by atoms with Gasteiger partial charge < -0.3 is 57.5 Å². The van der Waals surface area contributed by atoms with Gasteiger partial charge in [-0.25, -0.2) is 39.9 Å². The zero-order chi connectivity index (χ0) is 93.4. The van der Waals surface area contributed by atoms with Crippen LogP contribution >= 0.6 is 11.8 Å². The van der Waals surface area contributed by atoms with Gasteiger partial charge in [0, 0.05) is 147 Å². The second-order valence-corrected chi connectivity index (χ2v) is 34.1. The summed E-state index contributed by atoms with van der Waals surface area (Å²) in [4.78, 5) is 96.9. The maximum Gasteiger partial charge on any atom is 0.299 e. The van der Waals surface area contributed by atoms with Crippen LogP contribution in [-0.2, 0) is 44.4 Å². The predicted octanol–water partition coefficient (Wildman–Crippen LogP) is 16.7. The number of amides is 4. The Balaban J connectivity index is 0.000000125. The normalized spacial score (nSPS) is 15.4. The number of ether oxygens (including phenoxy) is 1. The van der Waals surface area contributed by atoms with Gasteiger partial charge in [0.05, 0.1) is 30.8 Å². The molecule has 8 aromatic heterocycles. The molecule has 4 fully saturated rings. The van der Waals surface area contributed by atoms with Crippen molar-refractivity contribution in [2.24, 2.45) is 0 Å². The number of carbonyl (C=O) groups excluding carboxylic acids is 4. The number of nitrogens with one attached hydrogen (secondary N) is 1. The summed E-state index contributed by atoms with van der Waals surface area (Å²) in [6.07, 6.45) is 37.8. The Morgan fingerprint density at radius 3 is 1.13 bits per heavy atom. The summed E-state index contributed by atoms with van der Waals surface area (Å²) >= 11 is 1.79. The molecule has 20 rings (SSSR count). The van der Waals surface area contributed by atoms with Gasteiger partial charge in [-0.1, -0.05) is 164 Å². The molecule has 0 bridgehead atoms. The second kappa shape index (κ2) is 41.6. The Hall–Kier alpha value is -16.7. The number of aromatic nitrogens is 12. The number of nitrogens with zero attached hydrogens (tertiary/aromatic N) is 17. The largest absolute Gasteiger partial charge is 0.493 e. The van der Waals surface area contributed by atoms with Crippen LogP contribution in [0.25, 0.3) is 67.1 Å². The van der Waals surface area contributed by atoms with E-state index >= 15 is 0 Å². The maximum atomic E-state index is 12.6. The van der Waals surface area contributed by atoms with Gasteiger partial charge in [-0.3, -0.25) is 36.8 Å². The maximum absolute atomic E-state index is 12.6. The number of imidazole rings is 4. The first-order valence-corrected chi connectivity index (χ1v) is 45.8. The Kier molecular flexibility index (Phi) is 27.8. The van der Waals surface area contributed by atoms with Crippen molar-refractivity contribution >= 4 is 92.1 Å². The van der Waals surface area contributed by atoms with E-state index in [1.165, 1.54) is 27.1 Å². The molecule has 4 saturated heterocycles. The number of benzene rings is 8. The minimum Gasteiger partial charge on any atom is -0.493 e. The number of hydrogen-bond donors (Lipinski definition) is 5. The van der Waals surface area contributed by atoms with Gasteiger partial charge in [-0.2, -0.15) is 0 Å². The number of likely N-dealkylation sites (tertiary alicyclic amines) is 4. The molecule has 0 aliphatic carbocycles. The number of anilines is 6. The van der Waals surface area contributed by atoms with Gasteiger partial charge in [0.15, 0.2) is 0 Å². The highest BCUT2D eigenvalue weighted by atomic mass is 32.2. The van der Waals surface area contributed by atoms with Gasteiger partial charge in [0.2, 0.25) is 0 Å². The van der Waals surface area contributed by atoms with Crippen LogP contribution in [0.2, 0.25) is 0 Å². The van der Waals surface area contributed by atoms with Crippen molar-refractivity contribution in [3.63, 3.8) is 0 Å². The third-order valence-corrected chi connectivity index (χ3v) is 25.7. The van der Waals surface area contributed by atoms with E-state index in [9.17, 15) is 19.2 Å². The Bertz CT molecular complexity index is 6950. The number of carbonyl (C=O) groups is 4. The molecule has 0 spiro atoms. The van der Waals surface area contributed by atoms with Crippen molar-refractivity contribution in [3.8, 4) is 99.7 Å². The molecule has 0 radical (unpaired) electrons. The molecule has 9 N–H and O–H groups in total. The van der Waals surface area contributed by atoms with Crippen LogP contribution in [0.5, 0.6) is 5.75 Å². The van der Waals surface area contributed by atoms with Crippen molar-refractivity contribution in [3.05, 3.63) is 314 Å². The molecule has 4 amide bonds. The van der Waals surface area contributed by atoms with E-state index in [1.54, 1.807) is 63.1 Å². The van der Waals surface area contributed by atoms with Gasteiger partial charge >= 0.3 is 0 Å². The minimum atomic E-state index is -0.313. The van der Waals surface area contributed by atoms with Crippen molar-refractivity contribution in [2.45, 2.75) is 113 Å². The third kappa shape index (κ3) is 19.9. The molecule has 27 nitrogen and oxygen atoms in total. The average Bonchev–Trinajstić information content (AvgIpc) is 1.62. The molecule has 12 heterocycles. The highest BCUT2D eigenvalue weighted by Gasteiger charge is 2.39. The molecule has 0 saturated carbocycles. The molecule has 135 heavy (non-hydrogen) atoms. The van der Waals surface area contributed by atoms with E-state index in [4.69, 9.17) is 66.9 Å². The fraction of sp³-hybridized carbons (Fsp3) is 0.215. The third-order valence-electron chi connectivity index (χ3n) is 24.6. The number of fused-ring (bicyclic) bond motifs is 4. The minimum absolute atomic E-state index is 0.160. The van der Waals surface area contributed by atoms with E-state index in [0.717, 1.165) is 184 Å². The lowest BCUT2D eigenvalue weighted by molar-refractivity contribution is -0.126. The van der Waals surface area contributed by atoms with Crippen molar-refractivity contribution in [1.82, 2.24) is 77.1 Å². The van der Waals surface area contributed by atoms with Crippen LogP contribution in [0.4, 0.5) is 34.6 Å². The van der Waals surface area contributed by atoms with Crippen LogP contribution in [0.3, 0.4) is 0 Å². The fourth-order valence-corrected chi connectivity index (χ4v) is 18.9. The van der Waals surface area contributed by atoms with Crippen LogP contribution in [-0.4, -0.2) is 141 Å². The summed E-state index contributed by atoms with van der Waals surface area (Å²) in [5.41, 5.74) is 41.9. The molecule has 8 aromatic carbocycles. The molecule has 4 aliphatic heterocycles. The van der Waals surface area contributed by atoms with E-state index in [-0.39, 0.29) is 47.8 Å². The number of terminal acetylenes is 3. The molecular formula is C107H100N22O5S. The smallest absolute Gasteiger partial charge is 0.299 e. The summed E-state index contributed by atoms with van der Waals surface area (Å²) in [5.74, 6) is 17.3. The Morgan fingerprint density at radius 2 is 0.756 bits per heavy atom. The summed E-state index contributed by atoms with van der Waals surface area (Å²) in [7, 11) is 2.07. The predicted molar refractivity (Wildman–Crippen MR) is 530 cm³/mol. The lowest BCUT2D eigenvalue weighted by Crippen LogP contribution is -2.30. The zero-order valence-electron chi connectivity index (χ0n) is 74.8. The van der Waals surface area contributed by atoms with Gasteiger partial charge in [0.1, 0.15) is 97.2 Å². The number of thioether (sulfide) groups is 1. The molecule has 16 aromatic rings. The molecule has 28 heteroatoms. The van der Waals surface area contributed by atoms with Gasteiger partial charge in [0.25, 0.3) is 23.6 Å². The van der Waals surface area contributed by atoms with E-state index in [2.05, 4.69) is 176 Å². The first-order valence-electron chi connectivity index (χ1n) is 44.9. The molecular weight excluding hydrogens is 1710 g/mol. The quantitative estimate of drug-likeness (QED) is 0.0329. The number of rotatable bonds is 21. The standard InChI is InChI=1S/C28H27N5O2.C27H26N6O.C26H24N6O.C26H23N5OS/c1-2-7-24(34)32-17-6-10-23(32)28-31-25(26-27(29)30-16-18-33(26)28)21-11-13-22(14-12-21)35-19-15-20-8-4-3-5-9-20;1-3-23(34)32-16-7-10-22(32)27-30-24(25-26(28)29-15-17-33(25)27)20-11-13-21(14-12-20)31(2)18-19-8-5-4-6-9-19;1-2-22(33)31-15-6-9-21(31)26-30-23(24-25(27)28-14-16-32(24)26)19-10-12-20(13-11-19)29-17-18-7-4-3-5-8-18;1-2-22(32)30-15-6-9-21(30)26-29-23(24-25(27)28-14-16-31(24)26)19-10-12-20(13-11-19)33-17-18-7-4-3-5-8-18/h3-5,8-9,11-14,16,18,23H,6,10,15,17,19H2,1H3,(H2,29,30);1,4-6,8-9,11-15,17,22H,7,10,16,18H2,2H3,(H2,28,29);1,3-5,7-8,10-14,16,21,29H,6,9,15,17H2,(H2,27,28);1,3-5,7-8,10-14,16,21H,6,9,15,17H2,(H2,27,28)/t23-;22-;2*21-/m0000/s1. The fourth-order valence-electron chi connectivity index (χ4n) is 18.1. The van der Waals surface area contributed by atoms with Crippen LogP contribution in [0, 0.1) is 48.9 Å². The van der Waals surface area contributed by atoms with E-state index in [1.807, 2.05) is 152 Å². The average molecular weight is 1810 g/mol. The first kappa shape index (κ1) is 90.3. The lowest BCUT2D eigenvalue weighted by atomic mass is 10.1. The number of hydrogen-bond acceptors (Lipinski definition) is 20. The van der Waals surface area contributed by atoms with Gasteiger partial charge in [-0.05, 0) is 165 Å². The van der Waals surface area contributed by atoms with Gasteiger partial charge in [-0.15, -0.1) is 31.0 Å². The molecule has 4 aliphatic rings. The Morgan fingerprint density at radius 1 is 0.422 bits per heavy atom. The van der Waals surface area contributed by atoms with Crippen LogP contribution < -0.4 is 37.9 Å². The monoisotopic (exact) mass is 1800 g/mol. The number of nitrogens with two attached hydrogens (primary N) is 4. The first-order chi connectivity index (χ1) is 66.0. The van der Waals surface area contributed by atoms with Crippen molar-refractivity contribution < 1.29 is 23.9 Å². The van der Waals surface area contributed by atoms with Crippen molar-refractivity contribution in [2.75, 3.05) is 73.0 Å². The van der Waals surface area contributed by atoms with E-state index in [0.29, 0.717) is 56.1 Å². The lowest BCUT2D eigenvalue weighted by Gasteiger charge is -2.21. The summed E-state index contributed by atoms with van der Waals surface area (Å²) in [6.45, 7) is 6.38. The summed E-state index contributed by atoms with van der Waals surface area (Å²) in [6, 6.07) is 73.1. The number of nitrogen functional groups attached to an aromatic ring is 4. The Labute approximate surface area is 787 Å². The summed E-state index contributed by atoms with van der Waals surface area (Å²) < 4.78 is 13.7. The van der Waals surface area contributed by atoms with Crippen LogP contribution in [0.1, 0.15) is 128 Å². The zero-order valence-corrected chi connectivity index (χ0v) is 75.6. The van der Waals surface area contributed by atoms with Crippen LogP contribution in [0.15, 0.2) is 273 Å². The molecule has 4 atom stereocenters. The van der Waals surface area contributed by atoms with E-state index < -0.39 is 0 Å². The molecule has 0 unspecified atom stereocenters. The highest BCUT2D eigenvalue weighted by Crippen LogP contribution is 2.43. The van der Waals surface area contributed by atoms with Crippen molar-refractivity contribution in [1.29, 1.82) is 0 Å². The molecule has 674 valence electrons. The second-order valence-electron chi connectivity index (χ2n) is 33.0. The summed E-state index contributed by atoms with van der Waals surface area (Å²) in [5, 5.41) is 3.44. The highest BCUT2D eigenvalue weighted by molar-refractivity contribution is 7.98. The SMILES string of the molecule is C#CC(=O)N1CCC[C@H]1c1nc(-c2ccc(N(C)Cc3ccccc3)cc2)c2c(N)nccn12.C#CC(=O)N1CCC[C@H]1c1nc(-c2ccc(NCc3ccccc3)cc2)c2c(N)nccn12.C#CC(=O)N1CCC[C@H]1c1nc(-c2ccc(SCc3ccccc3)cc2)c2c(N)nccn12.CC#CC(=O)N1CCC[C@H]1c1nc(-c2ccc(OCCc3ccccc3)cc2)c2c(N)nccn12.